The van der Waals surface area contributed by atoms with E-state index in [2.05, 4.69) is 29.3 Å². The first kappa shape index (κ1) is 13.7. The van der Waals surface area contributed by atoms with Crippen LogP contribution in [0.2, 0.25) is 0 Å². The van der Waals surface area contributed by atoms with E-state index in [0.717, 1.165) is 49.7 Å². The Bertz CT molecular complexity index is 494. The number of rotatable bonds is 3. The Hall–Kier alpha value is -0.940. The standard InChI is InChI=1S/C16H26N4O/c1-3-16(6-7-17-10-16)15-18-14(19-21-15)11-8-12-4-5-13(9-11)20(12)2/h11-13,17H,3-10H2,1-2H3. The summed E-state index contributed by atoms with van der Waals surface area (Å²) in [4.78, 5) is 7.41. The van der Waals surface area contributed by atoms with Gasteiger partial charge in [-0.1, -0.05) is 12.1 Å². The van der Waals surface area contributed by atoms with Gasteiger partial charge in [0.2, 0.25) is 5.89 Å². The zero-order valence-corrected chi connectivity index (χ0v) is 13.1. The molecule has 1 aromatic heterocycles. The van der Waals surface area contributed by atoms with Crippen LogP contribution < -0.4 is 5.32 Å². The molecule has 3 atom stereocenters. The summed E-state index contributed by atoms with van der Waals surface area (Å²) < 4.78 is 5.70. The third-order valence-electron chi connectivity index (χ3n) is 6.28. The van der Waals surface area contributed by atoms with Crippen molar-refractivity contribution in [2.75, 3.05) is 20.1 Å². The number of hydrogen-bond donors (Lipinski definition) is 1. The first-order chi connectivity index (χ1) is 10.2. The smallest absolute Gasteiger partial charge is 0.234 e. The van der Waals surface area contributed by atoms with Gasteiger partial charge in [0.1, 0.15) is 0 Å². The molecule has 2 bridgehead atoms. The fraction of sp³-hybridized carbons (Fsp3) is 0.875. The topological polar surface area (TPSA) is 54.2 Å². The first-order valence-electron chi connectivity index (χ1n) is 8.48. The Balaban J connectivity index is 1.55. The quantitative estimate of drug-likeness (QED) is 0.923. The summed E-state index contributed by atoms with van der Waals surface area (Å²) >= 11 is 0. The second-order valence-electron chi connectivity index (χ2n) is 7.24. The van der Waals surface area contributed by atoms with Crippen molar-refractivity contribution in [3.05, 3.63) is 11.7 Å². The van der Waals surface area contributed by atoms with Crippen LogP contribution in [0.3, 0.4) is 0 Å². The largest absolute Gasteiger partial charge is 0.339 e. The molecule has 0 spiro atoms. The molecule has 0 aromatic carbocycles. The third-order valence-corrected chi connectivity index (χ3v) is 6.28. The van der Waals surface area contributed by atoms with Crippen molar-refractivity contribution >= 4 is 0 Å². The monoisotopic (exact) mass is 290 g/mol. The second-order valence-corrected chi connectivity index (χ2v) is 7.24. The highest BCUT2D eigenvalue weighted by atomic mass is 16.5. The van der Waals surface area contributed by atoms with Gasteiger partial charge in [0, 0.05) is 24.5 Å². The SMILES string of the molecule is CCC1(c2nc(C3CC4CCC(C3)N4C)no2)CCNC1. The van der Waals surface area contributed by atoms with Gasteiger partial charge in [0.25, 0.3) is 0 Å². The van der Waals surface area contributed by atoms with E-state index < -0.39 is 0 Å². The fourth-order valence-electron chi connectivity index (χ4n) is 4.62. The van der Waals surface area contributed by atoms with E-state index in [0.29, 0.717) is 5.92 Å². The minimum absolute atomic E-state index is 0.0791. The van der Waals surface area contributed by atoms with E-state index in [1.165, 1.54) is 25.7 Å². The molecule has 3 saturated heterocycles. The zero-order valence-electron chi connectivity index (χ0n) is 13.1. The number of aromatic nitrogens is 2. The number of hydrogen-bond acceptors (Lipinski definition) is 5. The average Bonchev–Trinajstić information content (AvgIpc) is 3.19. The molecule has 3 aliphatic rings. The summed E-state index contributed by atoms with van der Waals surface area (Å²) in [6.07, 6.45) is 7.26. The van der Waals surface area contributed by atoms with Crippen molar-refractivity contribution in [2.24, 2.45) is 0 Å². The molecule has 1 aromatic rings. The van der Waals surface area contributed by atoms with Crippen molar-refractivity contribution < 1.29 is 4.52 Å². The molecule has 0 aliphatic carbocycles. The van der Waals surface area contributed by atoms with Crippen LogP contribution in [0.1, 0.15) is 63.1 Å². The molecule has 5 heteroatoms. The number of fused-ring (bicyclic) bond motifs is 2. The summed E-state index contributed by atoms with van der Waals surface area (Å²) in [5.74, 6) is 2.34. The molecule has 1 N–H and O–H groups in total. The van der Waals surface area contributed by atoms with E-state index in [1.54, 1.807) is 0 Å². The van der Waals surface area contributed by atoms with E-state index >= 15 is 0 Å². The highest BCUT2D eigenvalue weighted by Crippen LogP contribution is 2.42. The normalized spacial score (nSPS) is 40.0. The summed E-state index contributed by atoms with van der Waals surface area (Å²) in [6.45, 7) is 4.26. The van der Waals surface area contributed by atoms with Crippen molar-refractivity contribution in [1.82, 2.24) is 20.4 Å². The number of nitrogens with one attached hydrogen (secondary N) is 1. The first-order valence-corrected chi connectivity index (χ1v) is 8.48. The molecule has 0 radical (unpaired) electrons. The van der Waals surface area contributed by atoms with Crippen LogP contribution in [0.25, 0.3) is 0 Å². The predicted molar refractivity (Wildman–Crippen MR) is 80.3 cm³/mol. The highest BCUT2D eigenvalue weighted by molar-refractivity contribution is 5.12. The van der Waals surface area contributed by atoms with Crippen LogP contribution in [0, 0.1) is 0 Å². The minimum atomic E-state index is 0.0791. The summed E-state index contributed by atoms with van der Waals surface area (Å²) in [5.41, 5.74) is 0.0791. The van der Waals surface area contributed by atoms with Crippen molar-refractivity contribution in [2.45, 2.75) is 68.9 Å². The predicted octanol–water partition coefficient (Wildman–Crippen LogP) is 2.05. The van der Waals surface area contributed by atoms with Gasteiger partial charge < -0.3 is 14.7 Å². The molecular formula is C16H26N4O. The molecular weight excluding hydrogens is 264 g/mol. The molecule has 3 fully saturated rings. The Morgan fingerprint density at radius 1 is 1.33 bits per heavy atom. The minimum Gasteiger partial charge on any atom is -0.339 e. The molecule has 0 amide bonds. The number of piperidine rings is 1. The van der Waals surface area contributed by atoms with Gasteiger partial charge in [-0.25, -0.2) is 0 Å². The lowest BCUT2D eigenvalue weighted by Gasteiger charge is -2.34. The van der Waals surface area contributed by atoms with E-state index in [-0.39, 0.29) is 5.41 Å². The molecule has 3 aliphatic heterocycles. The fourth-order valence-corrected chi connectivity index (χ4v) is 4.62. The lowest BCUT2D eigenvalue weighted by Crippen LogP contribution is -2.39. The van der Waals surface area contributed by atoms with Crippen LogP contribution >= 0.6 is 0 Å². The molecule has 4 heterocycles. The van der Waals surface area contributed by atoms with E-state index in [4.69, 9.17) is 9.51 Å². The Labute approximate surface area is 126 Å². The van der Waals surface area contributed by atoms with Crippen LogP contribution in [-0.4, -0.2) is 47.3 Å². The summed E-state index contributed by atoms with van der Waals surface area (Å²) in [7, 11) is 2.27. The third kappa shape index (κ3) is 2.13. The van der Waals surface area contributed by atoms with Gasteiger partial charge in [-0.15, -0.1) is 0 Å². The van der Waals surface area contributed by atoms with Crippen LogP contribution in [-0.2, 0) is 5.41 Å². The average molecular weight is 290 g/mol. The maximum Gasteiger partial charge on any atom is 0.234 e. The van der Waals surface area contributed by atoms with Gasteiger partial charge in [-0.05, 0) is 52.1 Å². The summed E-state index contributed by atoms with van der Waals surface area (Å²) in [6, 6.07) is 1.45. The molecule has 116 valence electrons. The maximum atomic E-state index is 5.70. The van der Waals surface area contributed by atoms with E-state index in [1.807, 2.05) is 0 Å². The van der Waals surface area contributed by atoms with Gasteiger partial charge in [0.15, 0.2) is 5.82 Å². The van der Waals surface area contributed by atoms with Gasteiger partial charge in [-0.2, -0.15) is 4.98 Å². The lowest BCUT2D eigenvalue weighted by molar-refractivity contribution is 0.157. The molecule has 5 nitrogen and oxygen atoms in total. The van der Waals surface area contributed by atoms with E-state index in [9.17, 15) is 0 Å². The highest BCUT2D eigenvalue weighted by Gasteiger charge is 2.43. The maximum absolute atomic E-state index is 5.70. The van der Waals surface area contributed by atoms with Crippen LogP contribution in [0.5, 0.6) is 0 Å². The van der Waals surface area contributed by atoms with Crippen LogP contribution in [0.4, 0.5) is 0 Å². The van der Waals surface area contributed by atoms with Crippen molar-refractivity contribution in [3.8, 4) is 0 Å². The Morgan fingerprint density at radius 2 is 2.10 bits per heavy atom. The second kappa shape index (κ2) is 5.06. The number of nitrogens with zero attached hydrogens (tertiary/aromatic N) is 3. The Morgan fingerprint density at radius 3 is 2.71 bits per heavy atom. The van der Waals surface area contributed by atoms with Crippen molar-refractivity contribution in [3.63, 3.8) is 0 Å². The Kier molecular flexibility index (Phi) is 3.30. The van der Waals surface area contributed by atoms with Gasteiger partial charge >= 0.3 is 0 Å². The lowest BCUT2D eigenvalue weighted by atomic mass is 9.84. The van der Waals surface area contributed by atoms with Crippen molar-refractivity contribution in [1.29, 1.82) is 0 Å². The summed E-state index contributed by atoms with van der Waals surface area (Å²) in [5, 5.41) is 7.81. The molecule has 21 heavy (non-hydrogen) atoms. The molecule has 3 unspecified atom stereocenters. The van der Waals surface area contributed by atoms with Gasteiger partial charge in [-0.3, -0.25) is 0 Å². The zero-order chi connectivity index (χ0) is 14.4. The van der Waals surface area contributed by atoms with Gasteiger partial charge in [0.05, 0.1) is 5.41 Å². The molecule has 4 rings (SSSR count). The molecule has 0 saturated carbocycles. The van der Waals surface area contributed by atoms with Crippen LogP contribution in [0.15, 0.2) is 4.52 Å².